The fourth-order valence-electron chi connectivity index (χ4n) is 4.06. The summed E-state index contributed by atoms with van der Waals surface area (Å²) in [5.74, 6) is -0.395. The van der Waals surface area contributed by atoms with Gasteiger partial charge in [-0.05, 0) is 42.7 Å². The van der Waals surface area contributed by atoms with Gasteiger partial charge in [0.05, 0.1) is 17.1 Å². The predicted octanol–water partition coefficient (Wildman–Crippen LogP) is 2.45. The minimum absolute atomic E-state index is 0.0673. The summed E-state index contributed by atoms with van der Waals surface area (Å²) < 4.78 is 46.2. The first-order chi connectivity index (χ1) is 14.4. The molecule has 0 radical (unpaired) electrons. The molecular weight excluding hydrogens is 407 g/mol. The van der Waals surface area contributed by atoms with Crippen molar-refractivity contribution in [2.75, 3.05) is 26.2 Å². The maximum Gasteiger partial charge on any atom is 0.243 e. The molecule has 2 heterocycles. The second-order valence-corrected chi connectivity index (χ2v) is 9.73. The van der Waals surface area contributed by atoms with Crippen molar-refractivity contribution in [2.45, 2.75) is 36.4 Å². The summed E-state index contributed by atoms with van der Waals surface area (Å²) in [6.45, 7) is 1.14. The Morgan fingerprint density at radius 3 is 2.23 bits per heavy atom. The monoisotopic (exact) mass is 432 g/mol. The lowest BCUT2D eigenvalue weighted by Gasteiger charge is -2.45. The van der Waals surface area contributed by atoms with Crippen molar-refractivity contribution >= 4 is 15.9 Å². The SMILES string of the molecule is O=C(CCCc1ccccc1)N1C[C@@H]2CN(S(=O)(=O)c3ccc(F)cc3)C[C@H](C1)O2. The van der Waals surface area contributed by atoms with Gasteiger partial charge in [-0.3, -0.25) is 4.79 Å². The Bertz CT molecular complexity index is 968. The van der Waals surface area contributed by atoms with Gasteiger partial charge < -0.3 is 9.64 Å². The van der Waals surface area contributed by atoms with E-state index in [1.807, 2.05) is 18.2 Å². The van der Waals surface area contributed by atoms with E-state index in [0.29, 0.717) is 19.5 Å². The van der Waals surface area contributed by atoms with Crippen LogP contribution in [0.3, 0.4) is 0 Å². The molecule has 2 aromatic carbocycles. The molecule has 30 heavy (non-hydrogen) atoms. The van der Waals surface area contributed by atoms with Crippen molar-refractivity contribution in [2.24, 2.45) is 0 Å². The van der Waals surface area contributed by atoms with Crippen molar-refractivity contribution in [3.05, 3.63) is 66.0 Å². The van der Waals surface area contributed by atoms with Gasteiger partial charge in [-0.2, -0.15) is 4.31 Å². The standard InChI is InChI=1S/C22H25FN2O4S/c23-18-9-11-21(12-10-18)30(27,28)25-15-19-13-24(14-20(16-25)29-19)22(26)8-4-7-17-5-2-1-3-6-17/h1-3,5-6,9-12,19-20H,4,7-8,13-16H2/t19-,20+. The molecule has 0 aromatic heterocycles. The van der Waals surface area contributed by atoms with Crippen LogP contribution in [0.2, 0.25) is 0 Å². The first-order valence-corrected chi connectivity index (χ1v) is 11.6. The van der Waals surface area contributed by atoms with Gasteiger partial charge in [0.25, 0.3) is 0 Å². The van der Waals surface area contributed by atoms with Crippen LogP contribution in [0.4, 0.5) is 4.39 Å². The number of hydrogen-bond acceptors (Lipinski definition) is 4. The molecule has 2 fully saturated rings. The molecular formula is C22H25FN2O4S. The molecule has 2 aromatic rings. The van der Waals surface area contributed by atoms with Crippen molar-refractivity contribution in [3.63, 3.8) is 0 Å². The lowest BCUT2D eigenvalue weighted by molar-refractivity contribution is -0.154. The molecule has 2 saturated heterocycles. The van der Waals surface area contributed by atoms with Crippen LogP contribution in [0.15, 0.2) is 59.5 Å². The Balaban J connectivity index is 1.33. The lowest BCUT2D eigenvalue weighted by Crippen LogP contribution is -2.61. The summed E-state index contributed by atoms with van der Waals surface area (Å²) in [5.41, 5.74) is 1.21. The fraction of sp³-hybridized carbons (Fsp3) is 0.409. The molecule has 2 bridgehead atoms. The second-order valence-electron chi connectivity index (χ2n) is 7.79. The number of ether oxygens (including phenoxy) is 1. The number of benzene rings is 2. The van der Waals surface area contributed by atoms with Crippen LogP contribution in [0.25, 0.3) is 0 Å². The van der Waals surface area contributed by atoms with Gasteiger partial charge in [-0.1, -0.05) is 30.3 Å². The molecule has 0 unspecified atom stereocenters. The number of nitrogens with zero attached hydrogens (tertiary/aromatic N) is 2. The summed E-state index contributed by atoms with van der Waals surface area (Å²) in [4.78, 5) is 14.5. The van der Waals surface area contributed by atoms with Gasteiger partial charge >= 0.3 is 0 Å². The van der Waals surface area contributed by atoms with Crippen LogP contribution in [0.5, 0.6) is 0 Å². The van der Waals surface area contributed by atoms with Gasteiger partial charge in [-0.15, -0.1) is 0 Å². The Hall–Kier alpha value is -2.29. The minimum atomic E-state index is -3.72. The molecule has 2 aliphatic rings. The quantitative estimate of drug-likeness (QED) is 0.703. The molecule has 0 saturated carbocycles. The highest BCUT2D eigenvalue weighted by molar-refractivity contribution is 7.89. The van der Waals surface area contributed by atoms with Crippen LogP contribution >= 0.6 is 0 Å². The summed E-state index contributed by atoms with van der Waals surface area (Å²) in [6, 6.07) is 14.9. The molecule has 0 N–H and O–H groups in total. The van der Waals surface area contributed by atoms with Crippen molar-refractivity contribution < 1.29 is 22.3 Å². The van der Waals surface area contributed by atoms with Crippen molar-refractivity contribution in [1.29, 1.82) is 0 Å². The van der Waals surface area contributed by atoms with E-state index in [9.17, 15) is 17.6 Å². The topological polar surface area (TPSA) is 66.9 Å². The zero-order chi connectivity index (χ0) is 21.1. The first kappa shape index (κ1) is 21.0. The predicted molar refractivity (Wildman–Crippen MR) is 110 cm³/mol. The van der Waals surface area contributed by atoms with E-state index in [-0.39, 0.29) is 36.1 Å². The normalized spacial score (nSPS) is 22.1. The average molecular weight is 433 g/mol. The number of aryl methyl sites for hydroxylation is 1. The van der Waals surface area contributed by atoms with E-state index < -0.39 is 15.8 Å². The summed E-state index contributed by atoms with van der Waals surface area (Å²) in [6.07, 6.45) is 1.39. The smallest absolute Gasteiger partial charge is 0.243 e. The van der Waals surface area contributed by atoms with Crippen LogP contribution < -0.4 is 0 Å². The van der Waals surface area contributed by atoms with Crippen LogP contribution in [0.1, 0.15) is 18.4 Å². The van der Waals surface area contributed by atoms with Gasteiger partial charge in [-0.25, -0.2) is 12.8 Å². The zero-order valence-corrected chi connectivity index (χ0v) is 17.4. The Labute approximate surface area is 176 Å². The third kappa shape index (κ3) is 4.71. The Morgan fingerprint density at radius 1 is 0.967 bits per heavy atom. The number of rotatable bonds is 6. The average Bonchev–Trinajstić information content (AvgIpc) is 2.74. The number of hydrogen-bond donors (Lipinski definition) is 0. The molecule has 4 rings (SSSR count). The number of fused-ring (bicyclic) bond motifs is 2. The third-order valence-corrected chi connectivity index (χ3v) is 7.40. The number of halogens is 1. The third-order valence-electron chi connectivity index (χ3n) is 5.55. The van der Waals surface area contributed by atoms with Gasteiger partial charge in [0, 0.05) is 32.6 Å². The maximum absolute atomic E-state index is 13.1. The van der Waals surface area contributed by atoms with E-state index in [0.717, 1.165) is 25.0 Å². The Morgan fingerprint density at radius 2 is 1.60 bits per heavy atom. The number of morpholine rings is 2. The van der Waals surface area contributed by atoms with E-state index >= 15 is 0 Å². The van der Waals surface area contributed by atoms with Gasteiger partial charge in [0.2, 0.25) is 15.9 Å². The summed E-state index contributed by atoms with van der Waals surface area (Å²) in [5, 5.41) is 0. The van der Waals surface area contributed by atoms with E-state index in [1.54, 1.807) is 4.90 Å². The maximum atomic E-state index is 13.1. The highest BCUT2D eigenvalue weighted by Gasteiger charge is 2.40. The van der Waals surface area contributed by atoms with Gasteiger partial charge in [0.15, 0.2) is 0 Å². The number of amides is 1. The van der Waals surface area contributed by atoms with Crippen LogP contribution in [-0.4, -0.2) is 61.9 Å². The molecule has 2 atom stereocenters. The molecule has 6 nitrogen and oxygen atoms in total. The zero-order valence-electron chi connectivity index (χ0n) is 16.6. The first-order valence-electron chi connectivity index (χ1n) is 10.1. The van der Waals surface area contributed by atoms with Crippen LogP contribution in [0, 0.1) is 5.82 Å². The molecule has 0 spiro atoms. The van der Waals surface area contributed by atoms with E-state index in [4.69, 9.17) is 4.74 Å². The molecule has 8 heteroatoms. The summed E-state index contributed by atoms with van der Waals surface area (Å²) >= 11 is 0. The number of carbonyl (C=O) groups is 1. The van der Waals surface area contributed by atoms with Gasteiger partial charge in [0.1, 0.15) is 5.82 Å². The fourth-order valence-corrected chi connectivity index (χ4v) is 5.56. The second kappa shape index (κ2) is 8.83. The number of carbonyl (C=O) groups excluding carboxylic acids is 1. The highest BCUT2D eigenvalue weighted by Crippen LogP contribution is 2.25. The van der Waals surface area contributed by atoms with E-state index in [1.165, 1.54) is 22.0 Å². The number of sulfonamides is 1. The van der Waals surface area contributed by atoms with Crippen molar-refractivity contribution in [3.8, 4) is 0 Å². The lowest BCUT2D eigenvalue weighted by atomic mass is 10.1. The molecule has 1 amide bonds. The molecule has 160 valence electrons. The molecule has 2 aliphatic heterocycles. The van der Waals surface area contributed by atoms with Crippen LogP contribution in [-0.2, 0) is 26.0 Å². The van der Waals surface area contributed by atoms with E-state index in [2.05, 4.69) is 12.1 Å². The highest BCUT2D eigenvalue weighted by atomic mass is 32.2. The summed E-state index contributed by atoms with van der Waals surface area (Å²) in [7, 11) is -3.72. The van der Waals surface area contributed by atoms with Crippen molar-refractivity contribution in [1.82, 2.24) is 9.21 Å². The molecule has 0 aliphatic carbocycles. The minimum Gasteiger partial charge on any atom is -0.369 e. The Kier molecular flexibility index (Phi) is 6.17. The largest absolute Gasteiger partial charge is 0.369 e.